The molecule has 1 aliphatic heterocycles. The topological polar surface area (TPSA) is 49.4 Å². The fourth-order valence-corrected chi connectivity index (χ4v) is 4.10. The second kappa shape index (κ2) is 7.91. The van der Waals surface area contributed by atoms with Gasteiger partial charge >= 0.3 is 0 Å². The number of nitrogens with zero attached hydrogens (tertiary/aromatic N) is 1. The summed E-state index contributed by atoms with van der Waals surface area (Å²) in [6.45, 7) is 2.08. The Morgan fingerprint density at radius 3 is 2.70 bits per heavy atom. The highest BCUT2D eigenvalue weighted by atomic mass is 32.2. The van der Waals surface area contributed by atoms with Crippen LogP contribution in [0.2, 0.25) is 0 Å². The summed E-state index contributed by atoms with van der Waals surface area (Å²) in [5, 5.41) is 3.16. The zero-order valence-corrected chi connectivity index (χ0v) is 13.2. The van der Waals surface area contributed by atoms with Crippen molar-refractivity contribution in [2.24, 2.45) is 0 Å². The van der Waals surface area contributed by atoms with Crippen LogP contribution in [0.5, 0.6) is 0 Å². The largest absolute Gasteiger partial charge is 0.352 e. The minimum atomic E-state index is -0.244. The van der Waals surface area contributed by atoms with E-state index in [-0.39, 0.29) is 17.9 Å². The number of carbonyl (C=O) groups is 2. The van der Waals surface area contributed by atoms with Crippen LogP contribution in [0.15, 0.2) is 0 Å². The van der Waals surface area contributed by atoms with E-state index in [0.29, 0.717) is 18.3 Å². The van der Waals surface area contributed by atoms with Gasteiger partial charge in [0.25, 0.3) is 0 Å². The SMILES string of the molecule is CCCCC(=O)N1CSCC1C(=O)NC1CCCCC1. The van der Waals surface area contributed by atoms with Crippen LogP contribution in [-0.2, 0) is 9.59 Å². The highest BCUT2D eigenvalue weighted by Crippen LogP contribution is 2.24. The molecule has 5 heteroatoms. The first kappa shape index (κ1) is 15.7. The van der Waals surface area contributed by atoms with Gasteiger partial charge in [0.2, 0.25) is 11.8 Å². The molecule has 1 saturated carbocycles. The van der Waals surface area contributed by atoms with Gasteiger partial charge in [0.15, 0.2) is 0 Å². The number of thioether (sulfide) groups is 1. The van der Waals surface area contributed by atoms with Crippen LogP contribution >= 0.6 is 11.8 Å². The van der Waals surface area contributed by atoms with Gasteiger partial charge in [-0.1, -0.05) is 32.6 Å². The average Bonchev–Trinajstić information content (AvgIpc) is 2.95. The predicted molar refractivity (Wildman–Crippen MR) is 82.5 cm³/mol. The first-order valence-electron chi connectivity index (χ1n) is 7.90. The van der Waals surface area contributed by atoms with Crippen LogP contribution in [0.25, 0.3) is 0 Å². The monoisotopic (exact) mass is 298 g/mol. The van der Waals surface area contributed by atoms with E-state index in [1.54, 1.807) is 16.7 Å². The molecule has 1 unspecified atom stereocenters. The van der Waals surface area contributed by atoms with Gasteiger partial charge in [-0.2, -0.15) is 0 Å². The van der Waals surface area contributed by atoms with Gasteiger partial charge in [-0.05, 0) is 19.3 Å². The van der Waals surface area contributed by atoms with E-state index in [9.17, 15) is 9.59 Å². The Bertz CT molecular complexity index is 343. The second-order valence-corrected chi connectivity index (χ2v) is 6.83. The van der Waals surface area contributed by atoms with Crippen LogP contribution in [-0.4, -0.2) is 40.4 Å². The summed E-state index contributed by atoms with van der Waals surface area (Å²) in [7, 11) is 0. The zero-order valence-electron chi connectivity index (χ0n) is 12.4. The molecule has 1 heterocycles. The summed E-state index contributed by atoms with van der Waals surface area (Å²) in [5.41, 5.74) is 0. The summed E-state index contributed by atoms with van der Waals surface area (Å²) < 4.78 is 0. The molecule has 0 spiro atoms. The molecule has 1 saturated heterocycles. The smallest absolute Gasteiger partial charge is 0.243 e. The van der Waals surface area contributed by atoms with Crippen LogP contribution in [0.4, 0.5) is 0 Å². The molecule has 114 valence electrons. The molecule has 0 aromatic heterocycles. The van der Waals surface area contributed by atoms with Gasteiger partial charge in [-0.25, -0.2) is 0 Å². The van der Waals surface area contributed by atoms with Crippen molar-refractivity contribution in [1.29, 1.82) is 0 Å². The molecule has 1 N–H and O–H groups in total. The number of carbonyl (C=O) groups excluding carboxylic acids is 2. The normalized spacial score (nSPS) is 23.9. The zero-order chi connectivity index (χ0) is 14.4. The molecule has 2 aliphatic rings. The molecule has 0 aromatic rings. The fourth-order valence-electron chi connectivity index (χ4n) is 2.92. The molecule has 1 aliphatic carbocycles. The van der Waals surface area contributed by atoms with Crippen LogP contribution in [0.1, 0.15) is 58.3 Å². The van der Waals surface area contributed by atoms with Crippen molar-refractivity contribution < 1.29 is 9.59 Å². The van der Waals surface area contributed by atoms with Crippen LogP contribution in [0, 0.1) is 0 Å². The van der Waals surface area contributed by atoms with Crippen molar-refractivity contribution in [2.75, 3.05) is 11.6 Å². The minimum Gasteiger partial charge on any atom is -0.352 e. The molecule has 0 radical (unpaired) electrons. The molecule has 0 aromatic carbocycles. The Morgan fingerprint density at radius 2 is 2.00 bits per heavy atom. The number of amides is 2. The molecule has 2 fully saturated rings. The van der Waals surface area contributed by atoms with Crippen molar-refractivity contribution >= 4 is 23.6 Å². The van der Waals surface area contributed by atoms with E-state index >= 15 is 0 Å². The first-order valence-corrected chi connectivity index (χ1v) is 9.05. The van der Waals surface area contributed by atoms with E-state index in [0.717, 1.165) is 31.4 Å². The highest BCUT2D eigenvalue weighted by molar-refractivity contribution is 7.99. The third-order valence-corrected chi connectivity index (χ3v) is 5.21. The van der Waals surface area contributed by atoms with Crippen molar-refractivity contribution in [1.82, 2.24) is 10.2 Å². The molecule has 2 rings (SSSR count). The Morgan fingerprint density at radius 1 is 1.25 bits per heavy atom. The third kappa shape index (κ3) is 4.14. The minimum absolute atomic E-state index is 0.0618. The molecule has 4 nitrogen and oxygen atoms in total. The van der Waals surface area contributed by atoms with E-state index in [4.69, 9.17) is 0 Å². The molecular formula is C15H26N2O2S. The number of hydrogen-bond acceptors (Lipinski definition) is 3. The lowest BCUT2D eigenvalue weighted by Crippen LogP contribution is -2.50. The van der Waals surface area contributed by atoms with Crippen LogP contribution in [0.3, 0.4) is 0 Å². The lowest BCUT2D eigenvalue weighted by Gasteiger charge is -2.27. The quantitative estimate of drug-likeness (QED) is 0.848. The Kier molecular flexibility index (Phi) is 6.20. The maximum atomic E-state index is 12.4. The molecule has 20 heavy (non-hydrogen) atoms. The second-order valence-electron chi connectivity index (χ2n) is 5.83. The van der Waals surface area contributed by atoms with E-state index < -0.39 is 0 Å². The van der Waals surface area contributed by atoms with Gasteiger partial charge in [0, 0.05) is 18.2 Å². The number of hydrogen-bond donors (Lipinski definition) is 1. The van der Waals surface area contributed by atoms with Crippen molar-refractivity contribution in [3.63, 3.8) is 0 Å². The number of unbranched alkanes of at least 4 members (excludes halogenated alkanes) is 1. The maximum absolute atomic E-state index is 12.4. The van der Waals surface area contributed by atoms with Gasteiger partial charge in [0.05, 0.1) is 5.88 Å². The lowest BCUT2D eigenvalue weighted by molar-refractivity contribution is -0.138. The van der Waals surface area contributed by atoms with Crippen molar-refractivity contribution in [2.45, 2.75) is 70.4 Å². The Hall–Kier alpha value is -0.710. The van der Waals surface area contributed by atoms with E-state index in [1.165, 1.54) is 19.3 Å². The van der Waals surface area contributed by atoms with E-state index in [2.05, 4.69) is 12.2 Å². The predicted octanol–water partition coefficient (Wildman–Crippen LogP) is 2.53. The van der Waals surface area contributed by atoms with Gasteiger partial charge in [-0.3, -0.25) is 9.59 Å². The summed E-state index contributed by atoms with van der Waals surface area (Å²) in [5.74, 6) is 1.62. The first-order chi connectivity index (χ1) is 9.72. The lowest BCUT2D eigenvalue weighted by atomic mass is 9.95. The van der Waals surface area contributed by atoms with Crippen LogP contribution < -0.4 is 5.32 Å². The Labute approximate surface area is 126 Å². The summed E-state index contributed by atoms with van der Waals surface area (Å²) in [6.07, 6.45) is 8.40. The molecule has 2 amide bonds. The summed E-state index contributed by atoms with van der Waals surface area (Å²) >= 11 is 1.69. The van der Waals surface area contributed by atoms with Gasteiger partial charge < -0.3 is 10.2 Å². The summed E-state index contributed by atoms with van der Waals surface area (Å²) in [4.78, 5) is 26.3. The van der Waals surface area contributed by atoms with E-state index in [1.807, 2.05) is 0 Å². The number of rotatable bonds is 5. The molecule has 0 bridgehead atoms. The number of nitrogens with one attached hydrogen (secondary N) is 1. The molecule has 1 atom stereocenters. The third-order valence-electron chi connectivity index (χ3n) is 4.20. The average molecular weight is 298 g/mol. The maximum Gasteiger partial charge on any atom is 0.243 e. The van der Waals surface area contributed by atoms with Gasteiger partial charge in [-0.15, -0.1) is 11.8 Å². The molecular weight excluding hydrogens is 272 g/mol. The Balaban J connectivity index is 1.85. The standard InChI is InChI=1S/C15H26N2O2S/c1-2-3-9-14(18)17-11-20-10-13(17)15(19)16-12-7-5-4-6-8-12/h12-13H,2-11H2,1H3,(H,16,19). The van der Waals surface area contributed by atoms with Crippen molar-refractivity contribution in [3.05, 3.63) is 0 Å². The van der Waals surface area contributed by atoms with Gasteiger partial charge in [0.1, 0.15) is 6.04 Å². The highest BCUT2D eigenvalue weighted by Gasteiger charge is 2.35. The van der Waals surface area contributed by atoms with Crippen molar-refractivity contribution in [3.8, 4) is 0 Å². The fraction of sp³-hybridized carbons (Fsp3) is 0.867. The summed E-state index contributed by atoms with van der Waals surface area (Å²) in [6, 6.07) is 0.0840.